The van der Waals surface area contributed by atoms with Crippen LogP contribution in [-0.2, 0) is 6.54 Å². The average molecular weight is 233 g/mol. The minimum atomic E-state index is 0.0673. The van der Waals surface area contributed by atoms with E-state index in [1.165, 1.54) is 0 Å². The number of hydrogen-bond acceptors (Lipinski definition) is 4. The van der Waals surface area contributed by atoms with Crippen molar-refractivity contribution in [2.75, 3.05) is 0 Å². The number of nitrogens with one attached hydrogen (secondary N) is 1. The SMILES string of the molecule is Cc1cc2nnc(CNC(C)(C)C)n2c(C)n1. The minimum Gasteiger partial charge on any atom is -0.305 e. The van der Waals surface area contributed by atoms with E-state index in [0.717, 1.165) is 23.0 Å². The van der Waals surface area contributed by atoms with Crippen molar-refractivity contribution >= 4 is 5.65 Å². The monoisotopic (exact) mass is 233 g/mol. The lowest BCUT2D eigenvalue weighted by Gasteiger charge is -2.19. The van der Waals surface area contributed by atoms with Crippen molar-refractivity contribution in [2.45, 2.75) is 46.7 Å². The molecule has 2 heterocycles. The molecule has 0 aliphatic carbocycles. The summed E-state index contributed by atoms with van der Waals surface area (Å²) >= 11 is 0. The van der Waals surface area contributed by atoms with Gasteiger partial charge in [0.05, 0.1) is 6.54 Å². The molecular formula is C12H19N5. The predicted molar refractivity (Wildman–Crippen MR) is 66.8 cm³/mol. The van der Waals surface area contributed by atoms with Gasteiger partial charge in [0.1, 0.15) is 5.82 Å². The van der Waals surface area contributed by atoms with Crippen LogP contribution in [0.2, 0.25) is 0 Å². The lowest BCUT2D eigenvalue weighted by Crippen LogP contribution is -2.35. The van der Waals surface area contributed by atoms with E-state index in [-0.39, 0.29) is 5.54 Å². The van der Waals surface area contributed by atoms with Crippen LogP contribution in [0, 0.1) is 13.8 Å². The first kappa shape index (κ1) is 12.0. The summed E-state index contributed by atoms with van der Waals surface area (Å²) in [5, 5.41) is 11.8. The molecule has 0 aromatic carbocycles. The molecule has 2 rings (SSSR count). The molecule has 1 N–H and O–H groups in total. The molecule has 0 fully saturated rings. The Morgan fingerprint density at radius 1 is 1.24 bits per heavy atom. The topological polar surface area (TPSA) is 55.1 Å². The van der Waals surface area contributed by atoms with Crippen LogP contribution in [0.15, 0.2) is 6.07 Å². The second kappa shape index (κ2) is 4.07. The van der Waals surface area contributed by atoms with Crippen LogP contribution in [-0.4, -0.2) is 25.1 Å². The van der Waals surface area contributed by atoms with Crippen molar-refractivity contribution in [3.8, 4) is 0 Å². The quantitative estimate of drug-likeness (QED) is 0.856. The third-order valence-electron chi connectivity index (χ3n) is 2.53. The molecule has 5 heteroatoms. The second-order valence-corrected chi connectivity index (χ2v) is 5.36. The Morgan fingerprint density at radius 3 is 2.59 bits per heavy atom. The summed E-state index contributed by atoms with van der Waals surface area (Å²) in [5.41, 5.74) is 1.90. The largest absolute Gasteiger partial charge is 0.305 e. The summed E-state index contributed by atoms with van der Waals surface area (Å²) in [4.78, 5) is 4.43. The zero-order valence-corrected chi connectivity index (χ0v) is 11.1. The smallest absolute Gasteiger partial charge is 0.164 e. The summed E-state index contributed by atoms with van der Waals surface area (Å²) in [5.74, 6) is 1.83. The van der Waals surface area contributed by atoms with Crippen LogP contribution in [0.1, 0.15) is 38.1 Å². The summed E-state index contributed by atoms with van der Waals surface area (Å²) in [6.07, 6.45) is 0. The molecule has 2 aromatic heterocycles. The zero-order chi connectivity index (χ0) is 12.6. The Bertz CT molecular complexity index is 536. The lowest BCUT2D eigenvalue weighted by atomic mass is 10.1. The number of rotatable bonds is 2. The molecule has 0 aliphatic heterocycles. The second-order valence-electron chi connectivity index (χ2n) is 5.36. The Balaban J connectivity index is 2.36. The third-order valence-corrected chi connectivity index (χ3v) is 2.53. The number of hydrogen-bond donors (Lipinski definition) is 1. The minimum absolute atomic E-state index is 0.0673. The third kappa shape index (κ3) is 2.61. The molecule has 0 spiro atoms. The Labute approximate surface area is 101 Å². The first-order valence-corrected chi connectivity index (χ1v) is 5.80. The van der Waals surface area contributed by atoms with Crippen molar-refractivity contribution in [1.82, 2.24) is 24.9 Å². The van der Waals surface area contributed by atoms with Gasteiger partial charge in [0.25, 0.3) is 0 Å². The molecule has 0 atom stereocenters. The molecule has 0 amide bonds. The van der Waals surface area contributed by atoms with Crippen molar-refractivity contribution in [3.63, 3.8) is 0 Å². The molecule has 0 unspecified atom stereocenters. The van der Waals surface area contributed by atoms with Gasteiger partial charge in [0.2, 0.25) is 0 Å². The molecule has 0 saturated heterocycles. The van der Waals surface area contributed by atoms with Gasteiger partial charge in [0.15, 0.2) is 11.5 Å². The molecule has 0 saturated carbocycles. The van der Waals surface area contributed by atoms with Crippen LogP contribution < -0.4 is 5.32 Å². The highest BCUT2D eigenvalue weighted by Gasteiger charge is 2.13. The van der Waals surface area contributed by atoms with Gasteiger partial charge in [-0.3, -0.25) is 4.40 Å². The fraction of sp³-hybridized carbons (Fsp3) is 0.583. The summed E-state index contributed by atoms with van der Waals surface area (Å²) in [7, 11) is 0. The molecule has 2 aromatic rings. The summed E-state index contributed by atoms with van der Waals surface area (Å²) in [6, 6.07) is 1.95. The zero-order valence-electron chi connectivity index (χ0n) is 11.1. The fourth-order valence-electron chi connectivity index (χ4n) is 1.76. The van der Waals surface area contributed by atoms with Crippen LogP contribution in [0.4, 0.5) is 0 Å². The highest BCUT2D eigenvalue weighted by Crippen LogP contribution is 2.09. The molecule has 17 heavy (non-hydrogen) atoms. The fourth-order valence-corrected chi connectivity index (χ4v) is 1.76. The molecule has 0 aliphatic rings. The van der Waals surface area contributed by atoms with Crippen molar-refractivity contribution in [2.24, 2.45) is 0 Å². The van der Waals surface area contributed by atoms with Gasteiger partial charge in [-0.1, -0.05) is 0 Å². The van der Waals surface area contributed by atoms with Gasteiger partial charge in [0, 0.05) is 17.3 Å². The van der Waals surface area contributed by atoms with E-state index in [2.05, 4.69) is 41.3 Å². The number of aryl methyl sites for hydroxylation is 2. The van der Waals surface area contributed by atoms with Gasteiger partial charge in [-0.2, -0.15) is 0 Å². The predicted octanol–water partition coefficient (Wildman–Crippen LogP) is 1.63. The van der Waals surface area contributed by atoms with Gasteiger partial charge in [-0.25, -0.2) is 4.98 Å². The van der Waals surface area contributed by atoms with Crippen LogP contribution in [0.3, 0.4) is 0 Å². The maximum absolute atomic E-state index is 4.43. The maximum atomic E-state index is 4.43. The van der Waals surface area contributed by atoms with Gasteiger partial charge in [-0.15, -0.1) is 10.2 Å². The van der Waals surface area contributed by atoms with E-state index in [0.29, 0.717) is 6.54 Å². The Hall–Kier alpha value is -1.49. The maximum Gasteiger partial charge on any atom is 0.164 e. The molecular weight excluding hydrogens is 214 g/mol. The molecule has 92 valence electrons. The molecule has 0 radical (unpaired) electrons. The van der Waals surface area contributed by atoms with Crippen molar-refractivity contribution in [3.05, 3.63) is 23.4 Å². The van der Waals surface area contributed by atoms with E-state index in [1.807, 2.05) is 24.3 Å². The normalized spacial score (nSPS) is 12.3. The van der Waals surface area contributed by atoms with Crippen molar-refractivity contribution < 1.29 is 0 Å². The van der Waals surface area contributed by atoms with Crippen LogP contribution in [0.25, 0.3) is 5.65 Å². The summed E-state index contributed by atoms with van der Waals surface area (Å²) in [6.45, 7) is 11.0. The van der Waals surface area contributed by atoms with E-state index in [9.17, 15) is 0 Å². The highest BCUT2D eigenvalue weighted by atomic mass is 15.3. The first-order chi connectivity index (χ1) is 7.87. The van der Waals surface area contributed by atoms with E-state index >= 15 is 0 Å². The average Bonchev–Trinajstić information content (AvgIpc) is 2.56. The number of aromatic nitrogens is 4. The first-order valence-electron chi connectivity index (χ1n) is 5.80. The molecule has 5 nitrogen and oxygen atoms in total. The van der Waals surface area contributed by atoms with E-state index in [4.69, 9.17) is 0 Å². The standard InChI is InChI=1S/C12H19N5/c1-8-6-10-15-16-11(7-13-12(3,4)5)17(10)9(2)14-8/h6,13H,7H2,1-5H3. The number of nitrogens with zero attached hydrogens (tertiary/aromatic N) is 4. The number of fused-ring (bicyclic) bond motifs is 1. The van der Waals surface area contributed by atoms with Gasteiger partial charge >= 0.3 is 0 Å². The van der Waals surface area contributed by atoms with E-state index < -0.39 is 0 Å². The van der Waals surface area contributed by atoms with Crippen LogP contribution >= 0.6 is 0 Å². The van der Waals surface area contributed by atoms with Crippen LogP contribution in [0.5, 0.6) is 0 Å². The van der Waals surface area contributed by atoms with Gasteiger partial charge in [-0.05, 0) is 34.6 Å². The Kier molecular flexibility index (Phi) is 2.87. The molecule has 0 bridgehead atoms. The Morgan fingerprint density at radius 2 is 1.94 bits per heavy atom. The van der Waals surface area contributed by atoms with Crippen molar-refractivity contribution in [1.29, 1.82) is 0 Å². The lowest BCUT2D eigenvalue weighted by molar-refractivity contribution is 0.416. The highest BCUT2D eigenvalue weighted by molar-refractivity contribution is 5.39. The van der Waals surface area contributed by atoms with E-state index in [1.54, 1.807) is 0 Å². The summed E-state index contributed by atoms with van der Waals surface area (Å²) < 4.78 is 1.99. The van der Waals surface area contributed by atoms with Gasteiger partial charge < -0.3 is 5.32 Å².